The molecule has 1 aliphatic heterocycles. The lowest BCUT2D eigenvalue weighted by molar-refractivity contribution is -0.121. The van der Waals surface area contributed by atoms with E-state index in [1.165, 1.54) is 4.90 Å². The summed E-state index contributed by atoms with van der Waals surface area (Å²) in [6.45, 7) is 6.61. The Morgan fingerprint density at radius 3 is 2.17 bits per heavy atom. The lowest BCUT2D eigenvalue weighted by Crippen LogP contribution is -2.34. The Balaban J connectivity index is 1.76. The monoisotopic (exact) mass is 330 g/mol. The van der Waals surface area contributed by atoms with Gasteiger partial charge in [0.25, 0.3) is 11.8 Å². The largest absolute Gasteiger partial charge is 0.354 e. The van der Waals surface area contributed by atoms with Crippen LogP contribution in [0.1, 0.15) is 67.2 Å². The van der Waals surface area contributed by atoms with E-state index in [9.17, 15) is 14.4 Å². The molecule has 5 nitrogen and oxygen atoms in total. The number of carbonyl (C=O) groups excluding carboxylic acids is 3. The lowest BCUT2D eigenvalue weighted by Gasteiger charge is -2.16. The minimum atomic E-state index is -0.263. The number of rotatable bonds is 8. The second-order valence-corrected chi connectivity index (χ2v) is 6.85. The molecule has 5 heteroatoms. The normalized spacial score (nSPS) is 14.9. The van der Waals surface area contributed by atoms with Crippen molar-refractivity contribution in [3.8, 4) is 0 Å². The summed E-state index contributed by atoms with van der Waals surface area (Å²) in [6, 6.07) is 6.98. The first-order valence-corrected chi connectivity index (χ1v) is 8.64. The number of fused-ring (bicyclic) bond motifs is 1. The fourth-order valence-corrected chi connectivity index (χ4v) is 2.84. The van der Waals surface area contributed by atoms with Gasteiger partial charge in [-0.1, -0.05) is 26.0 Å². The molecule has 0 aromatic heterocycles. The zero-order valence-corrected chi connectivity index (χ0v) is 14.7. The number of hydrogen-bond donors (Lipinski definition) is 1. The van der Waals surface area contributed by atoms with Gasteiger partial charge in [0.05, 0.1) is 11.1 Å². The Morgan fingerprint density at radius 1 is 1.04 bits per heavy atom. The predicted molar refractivity (Wildman–Crippen MR) is 92.7 cm³/mol. The van der Waals surface area contributed by atoms with Crippen LogP contribution in [0.3, 0.4) is 0 Å². The number of imide groups is 1. The summed E-state index contributed by atoms with van der Waals surface area (Å²) in [4.78, 5) is 37.6. The molecular weight excluding hydrogens is 304 g/mol. The van der Waals surface area contributed by atoms with Gasteiger partial charge in [-0.2, -0.15) is 0 Å². The van der Waals surface area contributed by atoms with Gasteiger partial charge in [-0.05, 0) is 44.2 Å². The first-order chi connectivity index (χ1) is 11.4. The zero-order chi connectivity index (χ0) is 17.7. The van der Waals surface area contributed by atoms with Crippen LogP contribution in [0.2, 0.25) is 0 Å². The second-order valence-electron chi connectivity index (χ2n) is 6.85. The first kappa shape index (κ1) is 18.2. The molecule has 1 atom stereocenters. The van der Waals surface area contributed by atoms with E-state index in [4.69, 9.17) is 0 Å². The van der Waals surface area contributed by atoms with Crippen LogP contribution in [0.5, 0.6) is 0 Å². The van der Waals surface area contributed by atoms with Crippen LogP contribution in [0.15, 0.2) is 24.3 Å². The highest BCUT2D eigenvalue weighted by Crippen LogP contribution is 2.22. The number of benzene rings is 1. The molecule has 1 aliphatic rings. The van der Waals surface area contributed by atoms with Crippen molar-refractivity contribution in [2.24, 2.45) is 5.92 Å². The van der Waals surface area contributed by atoms with E-state index in [-0.39, 0.29) is 30.3 Å². The Bertz CT molecular complexity index is 590. The fourth-order valence-electron chi connectivity index (χ4n) is 2.84. The molecule has 0 aliphatic carbocycles. The molecule has 0 saturated carbocycles. The molecule has 1 aromatic carbocycles. The average molecular weight is 330 g/mol. The van der Waals surface area contributed by atoms with Crippen molar-refractivity contribution < 1.29 is 14.4 Å². The fraction of sp³-hybridized carbons (Fsp3) is 0.526. The van der Waals surface area contributed by atoms with Crippen molar-refractivity contribution in [2.45, 2.75) is 52.5 Å². The molecule has 0 bridgehead atoms. The molecule has 0 radical (unpaired) electrons. The molecule has 0 saturated heterocycles. The van der Waals surface area contributed by atoms with Crippen LogP contribution in [0, 0.1) is 5.92 Å². The maximum absolute atomic E-state index is 12.2. The Kier molecular flexibility index (Phi) is 6.12. The van der Waals surface area contributed by atoms with Gasteiger partial charge in [0, 0.05) is 19.0 Å². The molecule has 1 unspecified atom stereocenters. The van der Waals surface area contributed by atoms with E-state index in [1.807, 2.05) is 6.92 Å². The summed E-state index contributed by atoms with van der Waals surface area (Å²) in [5.41, 5.74) is 0.906. The standard InChI is InChI=1S/C19H26N2O3/c1-13(2)10-11-14(3)20-17(22)9-6-12-21-18(23)15-7-4-5-8-16(15)19(21)24/h4-5,7-8,13-14H,6,9-12H2,1-3H3,(H,20,22). The van der Waals surface area contributed by atoms with E-state index < -0.39 is 0 Å². The second kappa shape index (κ2) is 8.08. The quantitative estimate of drug-likeness (QED) is 0.745. The minimum Gasteiger partial charge on any atom is -0.354 e. The molecule has 1 heterocycles. The molecule has 0 fully saturated rings. The summed E-state index contributed by atoms with van der Waals surface area (Å²) in [5.74, 6) is 0.0728. The third kappa shape index (κ3) is 4.43. The maximum atomic E-state index is 12.2. The van der Waals surface area contributed by atoms with Crippen molar-refractivity contribution in [3.63, 3.8) is 0 Å². The Labute approximate surface area is 143 Å². The Hall–Kier alpha value is -2.17. The molecule has 2 rings (SSSR count). The molecule has 130 valence electrons. The average Bonchev–Trinajstić information content (AvgIpc) is 2.78. The van der Waals surface area contributed by atoms with Crippen molar-refractivity contribution in [1.29, 1.82) is 0 Å². The van der Waals surface area contributed by atoms with Gasteiger partial charge in [-0.15, -0.1) is 0 Å². The van der Waals surface area contributed by atoms with Gasteiger partial charge in [0.2, 0.25) is 5.91 Å². The van der Waals surface area contributed by atoms with Crippen molar-refractivity contribution in [1.82, 2.24) is 10.2 Å². The van der Waals surface area contributed by atoms with Gasteiger partial charge in [0.1, 0.15) is 0 Å². The van der Waals surface area contributed by atoms with Gasteiger partial charge in [-0.25, -0.2) is 0 Å². The summed E-state index contributed by atoms with van der Waals surface area (Å²) in [5, 5.41) is 2.97. The van der Waals surface area contributed by atoms with Gasteiger partial charge in [-0.3, -0.25) is 19.3 Å². The zero-order valence-electron chi connectivity index (χ0n) is 14.7. The van der Waals surface area contributed by atoms with Crippen LogP contribution >= 0.6 is 0 Å². The number of hydrogen-bond acceptors (Lipinski definition) is 3. The minimum absolute atomic E-state index is 0.0251. The highest BCUT2D eigenvalue weighted by molar-refractivity contribution is 6.21. The Morgan fingerprint density at radius 2 is 1.62 bits per heavy atom. The molecular formula is C19H26N2O3. The van der Waals surface area contributed by atoms with Gasteiger partial charge < -0.3 is 5.32 Å². The molecule has 3 amide bonds. The molecule has 0 spiro atoms. The van der Waals surface area contributed by atoms with Crippen LogP contribution in [-0.2, 0) is 4.79 Å². The van der Waals surface area contributed by atoms with E-state index in [0.29, 0.717) is 29.9 Å². The lowest BCUT2D eigenvalue weighted by atomic mass is 10.0. The highest BCUT2D eigenvalue weighted by Gasteiger charge is 2.34. The van der Waals surface area contributed by atoms with E-state index in [0.717, 1.165) is 12.8 Å². The highest BCUT2D eigenvalue weighted by atomic mass is 16.2. The van der Waals surface area contributed by atoms with Crippen LogP contribution in [0.25, 0.3) is 0 Å². The number of nitrogens with zero attached hydrogens (tertiary/aromatic N) is 1. The molecule has 24 heavy (non-hydrogen) atoms. The van der Waals surface area contributed by atoms with Crippen molar-refractivity contribution >= 4 is 17.7 Å². The molecule has 1 N–H and O–H groups in total. The van der Waals surface area contributed by atoms with Crippen molar-refractivity contribution in [2.75, 3.05) is 6.54 Å². The maximum Gasteiger partial charge on any atom is 0.261 e. The van der Waals surface area contributed by atoms with E-state index in [2.05, 4.69) is 19.2 Å². The third-order valence-corrected chi connectivity index (χ3v) is 4.25. The third-order valence-electron chi connectivity index (χ3n) is 4.25. The van der Waals surface area contributed by atoms with Gasteiger partial charge in [0.15, 0.2) is 0 Å². The van der Waals surface area contributed by atoms with Crippen LogP contribution < -0.4 is 5.32 Å². The summed E-state index contributed by atoms with van der Waals surface area (Å²) in [7, 11) is 0. The summed E-state index contributed by atoms with van der Waals surface area (Å²) < 4.78 is 0. The predicted octanol–water partition coefficient (Wildman–Crippen LogP) is 3.00. The SMILES string of the molecule is CC(C)CCC(C)NC(=O)CCCN1C(=O)c2ccccc2C1=O. The van der Waals surface area contributed by atoms with E-state index >= 15 is 0 Å². The van der Waals surface area contributed by atoms with Crippen LogP contribution in [-0.4, -0.2) is 35.2 Å². The van der Waals surface area contributed by atoms with E-state index in [1.54, 1.807) is 24.3 Å². The van der Waals surface area contributed by atoms with Crippen molar-refractivity contribution in [3.05, 3.63) is 35.4 Å². The molecule has 1 aromatic rings. The summed E-state index contributed by atoms with van der Waals surface area (Å²) in [6.07, 6.45) is 2.84. The smallest absolute Gasteiger partial charge is 0.261 e. The number of nitrogens with one attached hydrogen (secondary N) is 1. The topological polar surface area (TPSA) is 66.5 Å². The van der Waals surface area contributed by atoms with Crippen LogP contribution in [0.4, 0.5) is 0 Å². The van der Waals surface area contributed by atoms with Gasteiger partial charge >= 0.3 is 0 Å². The number of amides is 3. The summed E-state index contributed by atoms with van der Waals surface area (Å²) >= 11 is 0. The number of carbonyl (C=O) groups is 3. The first-order valence-electron chi connectivity index (χ1n) is 8.64.